The zero-order valence-electron chi connectivity index (χ0n) is 15.7. The van der Waals surface area contributed by atoms with Crippen LogP contribution < -0.4 is 9.47 Å². The first-order valence-corrected chi connectivity index (χ1v) is 9.10. The molecule has 2 aromatic carbocycles. The lowest BCUT2D eigenvalue weighted by molar-refractivity contribution is -0.131. The van der Waals surface area contributed by atoms with Crippen molar-refractivity contribution in [1.29, 1.82) is 0 Å². The second-order valence-electron chi connectivity index (χ2n) is 6.34. The number of benzene rings is 2. The predicted octanol–water partition coefficient (Wildman–Crippen LogP) is 2.85. The third-order valence-corrected chi connectivity index (χ3v) is 4.00. The lowest BCUT2D eigenvalue weighted by Gasteiger charge is -2.16. The maximum Gasteiger partial charge on any atom is 0.328 e. The van der Waals surface area contributed by atoms with Crippen LogP contribution in [-0.2, 0) is 11.3 Å². The summed E-state index contributed by atoms with van der Waals surface area (Å²) in [7, 11) is 0. The summed E-state index contributed by atoms with van der Waals surface area (Å²) in [6, 6.07) is 16.5. The van der Waals surface area contributed by atoms with Gasteiger partial charge in [0.05, 0.1) is 6.54 Å². The zero-order chi connectivity index (χ0) is 20.5. The van der Waals surface area contributed by atoms with E-state index in [2.05, 4.69) is 5.10 Å². The van der Waals surface area contributed by atoms with E-state index >= 15 is 0 Å². The Morgan fingerprint density at radius 2 is 1.90 bits per heavy atom. The molecule has 3 aromatic rings. The molecular weight excluding hydrogens is 372 g/mol. The minimum atomic E-state index is -1.05. The lowest BCUT2D eigenvalue weighted by Crippen LogP contribution is -2.25. The van der Waals surface area contributed by atoms with Gasteiger partial charge in [0.2, 0.25) is 0 Å². The van der Waals surface area contributed by atoms with Crippen LogP contribution in [-0.4, -0.2) is 45.3 Å². The van der Waals surface area contributed by atoms with Crippen LogP contribution in [0.4, 0.5) is 0 Å². The van der Waals surface area contributed by atoms with Gasteiger partial charge in [-0.3, -0.25) is 4.68 Å². The van der Waals surface area contributed by atoms with Gasteiger partial charge in [0.1, 0.15) is 30.8 Å². The van der Waals surface area contributed by atoms with Crippen molar-refractivity contribution in [1.82, 2.24) is 9.78 Å². The molecule has 0 amide bonds. The number of carbonyl (C=O) groups is 1. The molecule has 0 radical (unpaired) electrons. The van der Waals surface area contributed by atoms with Gasteiger partial charge in [0.25, 0.3) is 0 Å². The number of hydrogen-bond donors (Lipinski definition) is 2. The minimum absolute atomic E-state index is 0.00592. The van der Waals surface area contributed by atoms with Crippen molar-refractivity contribution in [2.24, 2.45) is 0 Å². The summed E-state index contributed by atoms with van der Waals surface area (Å²) in [4.78, 5) is 10.9. The van der Waals surface area contributed by atoms with Crippen LogP contribution in [0.3, 0.4) is 0 Å². The van der Waals surface area contributed by atoms with Crippen molar-refractivity contribution in [3.63, 3.8) is 0 Å². The number of aliphatic hydroxyl groups is 1. The van der Waals surface area contributed by atoms with E-state index in [1.165, 1.54) is 6.08 Å². The summed E-state index contributed by atoms with van der Waals surface area (Å²) in [6.07, 6.45) is 5.21. The van der Waals surface area contributed by atoms with Crippen LogP contribution in [0.15, 0.2) is 73.1 Å². The normalized spacial score (nSPS) is 12.0. The minimum Gasteiger partial charge on any atom is -0.491 e. The van der Waals surface area contributed by atoms with Gasteiger partial charge in [-0.15, -0.1) is 0 Å². The van der Waals surface area contributed by atoms with Gasteiger partial charge < -0.3 is 19.7 Å². The van der Waals surface area contributed by atoms with Crippen LogP contribution in [0, 0.1) is 0 Å². The third kappa shape index (κ3) is 6.51. The number of ether oxygens (including phenoxy) is 2. The summed E-state index contributed by atoms with van der Waals surface area (Å²) in [6.45, 7) is 0.634. The molecule has 0 saturated carbocycles. The molecule has 0 aliphatic rings. The average Bonchev–Trinajstić information content (AvgIpc) is 3.23. The summed E-state index contributed by atoms with van der Waals surface area (Å²) in [5.74, 6) is 0.0941. The van der Waals surface area contributed by atoms with Crippen LogP contribution in [0.1, 0.15) is 11.1 Å². The van der Waals surface area contributed by atoms with Crippen LogP contribution in [0.2, 0.25) is 0 Å². The highest BCUT2D eigenvalue weighted by atomic mass is 16.5. The van der Waals surface area contributed by atoms with Crippen LogP contribution in [0.25, 0.3) is 6.08 Å². The van der Waals surface area contributed by atoms with Crippen molar-refractivity contribution < 1.29 is 24.5 Å². The number of nitrogens with zero attached hydrogens (tertiary/aromatic N) is 2. The number of carboxylic acids is 1. The molecule has 7 nitrogen and oxygen atoms in total. The molecule has 0 saturated heterocycles. The number of aromatic nitrogens is 2. The van der Waals surface area contributed by atoms with E-state index in [0.717, 1.165) is 11.6 Å². The Morgan fingerprint density at radius 3 is 2.62 bits per heavy atom. The van der Waals surface area contributed by atoms with Gasteiger partial charge in [0, 0.05) is 24.0 Å². The second-order valence-corrected chi connectivity index (χ2v) is 6.34. The molecule has 0 aliphatic carbocycles. The van der Waals surface area contributed by atoms with E-state index in [4.69, 9.17) is 14.6 Å². The number of aliphatic carboxylic acids is 1. The van der Waals surface area contributed by atoms with Crippen molar-refractivity contribution in [2.45, 2.75) is 12.6 Å². The molecule has 1 atom stereocenters. The molecule has 0 aliphatic heterocycles. The number of hydrogen-bond acceptors (Lipinski definition) is 5. The molecule has 1 unspecified atom stereocenters. The number of carboxylic acid groups (broad SMARTS) is 1. The molecule has 1 aromatic heterocycles. The highest BCUT2D eigenvalue weighted by Gasteiger charge is 2.10. The molecule has 0 spiro atoms. The van der Waals surface area contributed by atoms with Crippen LogP contribution >= 0.6 is 0 Å². The number of aliphatic hydroxyl groups excluding tert-OH is 1. The summed E-state index contributed by atoms with van der Waals surface area (Å²) in [5.41, 5.74) is 1.54. The summed E-state index contributed by atoms with van der Waals surface area (Å²) >= 11 is 0. The first-order chi connectivity index (χ1) is 14.1. The Hall–Kier alpha value is -3.58. The zero-order valence-corrected chi connectivity index (χ0v) is 15.7. The molecule has 0 bridgehead atoms. The molecule has 3 rings (SSSR count). The fourth-order valence-corrected chi connectivity index (χ4v) is 2.63. The fourth-order valence-electron chi connectivity index (χ4n) is 2.63. The molecule has 7 heteroatoms. The summed E-state index contributed by atoms with van der Waals surface area (Å²) < 4.78 is 13.1. The Balaban J connectivity index is 1.66. The largest absolute Gasteiger partial charge is 0.491 e. The average molecular weight is 394 g/mol. The number of para-hydroxylation sites is 1. The van der Waals surface area contributed by atoms with Crippen molar-refractivity contribution in [3.05, 3.63) is 84.2 Å². The molecule has 2 N–H and O–H groups in total. The first-order valence-electron chi connectivity index (χ1n) is 9.10. The third-order valence-electron chi connectivity index (χ3n) is 4.00. The fraction of sp³-hybridized carbons (Fsp3) is 0.182. The highest BCUT2D eigenvalue weighted by molar-refractivity contribution is 5.85. The van der Waals surface area contributed by atoms with E-state index in [1.54, 1.807) is 29.1 Å². The maximum atomic E-state index is 10.9. The van der Waals surface area contributed by atoms with E-state index in [-0.39, 0.29) is 13.2 Å². The van der Waals surface area contributed by atoms with Crippen molar-refractivity contribution >= 4 is 12.0 Å². The standard InChI is InChI=1S/C22H22N2O5/c25-19(15-28-20-5-2-1-3-6-20)16-29-21-13-17(14-24-12-4-11-23-24)7-8-18(21)9-10-22(26)27/h1-13,19,25H,14-16H2,(H,26,27). The van der Waals surface area contributed by atoms with Crippen molar-refractivity contribution in [2.75, 3.05) is 13.2 Å². The highest BCUT2D eigenvalue weighted by Crippen LogP contribution is 2.23. The molecular formula is C22H22N2O5. The monoisotopic (exact) mass is 394 g/mol. The molecule has 1 heterocycles. The molecule has 0 fully saturated rings. The van der Waals surface area contributed by atoms with E-state index in [9.17, 15) is 9.90 Å². The SMILES string of the molecule is O=C(O)C=Cc1ccc(Cn2cccn2)cc1OCC(O)COc1ccccc1. The Labute approximate surface area is 168 Å². The van der Waals surface area contributed by atoms with Gasteiger partial charge in [-0.05, 0) is 35.9 Å². The van der Waals surface area contributed by atoms with Gasteiger partial charge >= 0.3 is 5.97 Å². The van der Waals surface area contributed by atoms with Gasteiger partial charge in [-0.2, -0.15) is 5.10 Å². The van der Waals surface area contributed by atoms with E-state index in [1.807, 2.05) is 42.6 Å². The summed E-state index contributed by atoms with van der Waals surface area (Å²) in [5, 5.41) is 23.3. The Kier molecular flexibility index (Phi) is 7.02. The van der Waals surface area contributed by atoms with Crippen molar-refractivity contribution in [3.8, 4) is 11.5 Å². The van der Waals surface area contributed by atoms with Gasteiger partial charge in [-0.1, -0.05) is 30.3 Å². The van der Waals surface area contributed by atoms with E-state index < -0.39 is 12.1 Å². The second kappa shape index (κ2) is 10.1. The van der Waals surface area contributed by atoms with E-state index in [0.29, 0.717) is 23.6 Å². The quantitative estimate of drug-likeness (QED) is 0.514. The first kappa shape index (κ1) is 20.2. The number of rotatable bonds is 10. The van der Waals surface area contributed by atoms with Gasteiger partial charge in [-0.25, -0.2) is 4.79 Å². The van der Waals surface area contributed by atoms with Gasteiger partial charge in [0.15, 0.2) is 0 Å². The Morgan fingerprint density at radius 1 is 1.10 bits per heavy atom. The molecule has 150 valence electrons. The Bertz CT molecular complexity index is 939. The predicted molar refractivity (Wildman–Crippen MR) is 108 cm³/mol. The smallest absolute Gasteiger partial charge is 0.328 e. The maximum absolute atomic E-state index is 10.9. The van der Waals surface area contributed by atoms with Crippen LogP contribution in [0.5, 0.6) is 11.5 Å². The lowest BCUT2D eigenvalue weighted by atomic mass is 10.1. The molecule has 29 heavy (non-hydrogen) atoms. The topological polar surface area (TPSA) is 93.8 Å².